The van der Waals surface area contributed by atoms with E-state index >= 15 is 0 Å². The van der Waals surface area contributed by atoms with Crippen LogP contribution in [0.4, 0.5) is 0 Å². The van der Waals surface area contributed by atoms with Crippen LogP contribution in [0.2, 0.25) is 0 Å². The highest BCUT2D eigenvalue weighted by atomic mass is 16.5. The lowest BCUT2D eigenvalue weighted by atomic mass is 9.83. The number of aromatic nitrogens is 2. The van der Waals surface area contributed by atoms with Crippen LogP contribution in [0, 0.1) is 0 Å². The zero-order valence-electron chi connectivity index (χ0n) is 12.5. The Bertz CT molecular complexity index is 396. The molecule has 1 unspecified atom stereocenters. The summed E-state index contributed by atoms with van der Waals surface area (Å²) in [5, 5.41) is 4.32. The molecule has 114 valence electrons. The van der Waals surface area contributed by atoms with Crippen molar-refractivity contribution < 1.29 is 9.47 Å². The van der Waals surface area contributed by atoms with Gasteiger partial charge in [-0.15, -0.1) is 0 Å². The molecule has 6 heteroatoms. The summed E-state index contributed by atoms with van der Waals surface area (Å²) in [5.74, 6) is 5.81. The van der Waals surface area contributed by atoms with E-state index in [9.17, 15) is 0 Å². The maximum atomic E-state index is 6.08. The zero-order valence-corrected chi connectivity index (χ0v) is 12.5. The number of aryl methyl sites for hydroxylation is 1. The molecule has 2 heterocycles. The highest BCUT2D eigenvalue weighted by molar-refractivity contribution is 5.10. The molecule has 1 aliphatic rings. The fourth-order valence-electron chi connectivity index (χ4n) is 2.92. The molecule has 1 aliphatic heterocycles. The second-order valence-corrected chi connectivity index (χ2v) is 5.24. The Hall–Kier alpha value is -0.950. The van der Waals surface area contributed by atoms with Gasteiger partial charge in [-0.05, 0) is 25.8 Å². The molecule has 1 fully saturated rings. The van der Waals surface area contributed by atoms with Gasteiger partial charge in [0.15, 0.2) is 0 Å². The number of ether oxygens (including phenoxy) is 2. The maximum absolute atomic E-state index is 6.08. The minimum absolute atomic E-state index is 0.0702. The van der Waals surface area contributed by atoms with E-state index in [1.165, 1.54) is 5.56 Å². The topological polar surface area (TPSA) is 74.3 Å². The van der Waals surface area contributed by atoms with Crippen molar-refractivity contribution >= 4 is 0 Å². The molecule has 2 rings (SSSR count). The fourth-order valence-corrected chi connectivity index (χ4v) is 2.92. The lowest BCUT2D eigenvalue weighted by Crippen LogP contribution is -2.58. The first-order valence-corrected chi connectivity index (χ1v) is 7.43. The monoisotopic (exact) mass is 282 g/mol. The Morgan fingerprint density at radius 3 is 2.80 bits per heavy atom. The maximum Gasteiger partial charge on any atom is 0.0895 e. The number of nitrogens with zero attached hydrogens (tertiary/aromatic N) is 2. The van der Waals surface area contributed by atoms with Crippen LogP contribution in [0.3, 0.4) is 0 Å². The van der Waals surface area contributed by atoms with Gasteiger partial charge < -0.3 is 9.47 Å². The molecular formula is C14H26N4O2. The van der Waals surface area contributed by atoms with Crippen LogP contribution in [0.25, 0.3) is 0 Å². The molecule has 0 aliphatic carbocycles. The van der Waals surface area contributed by atoms with E-state index in [0.717, 1.165) is 39.0 Å². The van der Waals surface area contributed by atoms with Gasteiger partial charge in [-0.25, -0.2) is 0 Å². The average molecular weight is 282 g/mol. The molecule has 1 atom stereocenters. The van der Waals surface area contributed by atoms with Gasteiger partial charge in [0.05, 0.1) is 17.8 Å². The molecule has 0 amide bonds. The number of nitrogens with two attached hydrogens (primary N) is 1. The third-order valence-corrected chi connectivity index (χ3v) is 4.06. The Morgan fingerprint density at radius 1 is 1.50 bits per heavy atom. The van der Waals surface area contributed by atoms with Gasteiger partial charge in [-0.3, -0.25) is 16.0 Å². The third-order valence-electron chi connectivity index (χ3n) is 4.06. The van der Waals surface area contributed by atoms with Gasteiger partial charge in [0.2, 0.25) is 0 Å². The minimum atomic E-state index is -0.240. The number of hydrazine groups is 1. The predicted molar refractivity (Wildman–Crippen MR) is 77.1 cm³/mol. The molecule has 0 aromatic carbocycles. The van der Waals surface area contributed by atoms with Crippen molar-refractivity contribution in [2.75, 3.05) is 19.8 Å². The van der Waals surface area contributed by atoms with Gasteiger partial charge in [0.25, 0.3) is 0 Å². The van der Waals surface area contributed by atoms with E-state index < -0.39 is 0 Å². The van der Waals surface area contributed by atoms with Crippen molar-refractivity contribution in [1.29, 1.82) is 0 Å². The van der Waals surface area contributed by atoms with Crippen LogP contribution >= 0.6 is 0 Å². The highest BCUT2D eigenvalue weighted by Crippen LogP contribution is 2.30. The minimum Gasteiger partial charge on any atom is -0.381 e. The summed E-state index contributed by atoms with van der Waals surface area (Å²) >= 11 is 0. The highest BCUT2D eigenvalue weighted by Gasteiger charge is 2.40. The molecule has 0 bridgehead atoms. The summed E-state index contributed by atoms with van der Waals surface area (Å²) in [4.78, 5) is 0. The summed E-state index contributed by atoms with van der Waals surface area (Å²) in [7, 11) is 0. The first-order valence-electron chi connectivity index (χ1n) is 7.43. The van der Waals surface area contributed by atoms with E-state index in [1.807, 2.05) is 17.8 Å². The molecule has 1 aromatic rings. The molecule has 0 spiro atoms. The molecule has 3 N–H and O–H groups in total. The largest absolute Gasteiger partial charge is 0.381 e. The Labute approximate surface area is 120 Å². The van der Waals surface area contributed by atoms with Crippen molar-refractivity contribution in [2.24, 2.45) is 5.84 Å². The fraction of sp³-hybridized carbons (Fsp3) is 0.786. The number of hydrogen-bond donors (Lipinski definition) is 2. The number of rotatable bonds is 7. The summed E-state index contributed by atoms with van der Waals surface area (Å²) in [5.41, 5.74) is 3.90. The second-order valence-electron chi connectivity index (χ2n) is 5.24. The Kier molecular flexibility index (Phi) is 5.54. The van der Waals surface area contributed by atoms with Crippen LogP contribution in [0.1, 0.15) is 32.3 Å². The summed E-state index contributed by atoms with van der Waals surface area (Å²) in [6, 6.07) is 0.0702. The smallest absolute Gasteiger partial charge is 0.0895 e. The van der Waals surface area contributed by atoms with Crippen molar-refractivity contribution in [1.82, 2.24) is 15.2 Å². The SMILES string of the molecule is CCOC1(C(Cc2cnn(CC)c2)NN)CCOCC1. The predicted octanol–water partition coefficient (Wildman–Crippen LogP) is 0.863. The van der Waals surface area contributed by atoms with Crippen molar-refractivity contribution in [3.05, 3.63) is 18.0 Å². The lowest BCUT2D eigenvalue weighted by Gasteiger charge is -2.42. The van der Waals surface area contributed by atoms with Crippen LogP contribution < -0.4 is 11.3 Å². The normalized spacial score (nSPS) is 19.9. The van der Waals surface area contributed by atoms with Gasteiger partial charge >= 0.3 is 0 Å². The summed E-state index contributed by atoms with van der Waals surface area (Å²) in [6.45, 7) is 7.13. The van der Waals surface area contributed by atoms with Gasteiger partial charge in [-0.2, -0.15) is 5.10 Å². The quantitative estimate of drug-likeness (QED) is 0.573. The Morgan fingerprint density at radius 2 is 2.25 bits per heavy atom. The first-order chi connectivity index (χ1) is 9.74. The van der Waals surface area contributed by atoms with Crippen LogP contribution in [0.5, 0.6) is 0 Å². The number of nitrogens with one attached hydrogen (secondary N) is 1. The molecule has 6 nitrogen and oxygen atoms in total. The number of hydrogen-bond acceptors (Lipinski definition) is 5. The van der Waals surface area contributed by atoms with E-state index in [2.05, 4.69) is 23.6 Å². The van der Waals surface area contributed by atoms with Crippen molar-refractivity contribution in [3.63, 3.8) is 0 Å². The molecule has 1 aromatic heterocycles. The van der Waals surface area contributed by atoms with E-state index in [-0.39, 0.29) is 11.6 Å². The van der Waals surface area contributed by atoms with Crippen molar-refractivity contribution in [3.8, 4) is 0 Å². The standard InChI is InChI=1S/C14H26N4O2/c1-3-18-11-12(10-16-18)9-13(17-15)14(20-4-2)5-7-19-8-6-14/h10-11,13,17H,3-9,15H2,1-2H3. The second kappa shape index (κ2) is 7.17. The lowest BCUT2D eigenvalue weighted by molar-refractivity contribution is -0.126. The average Bonchev–Trinajstić information content (AvgIpc) is 2.93. The van der Waals surface area contributed by atoms with E-state index in [0.29, 0.717) is 6.61 Å². The third kappa shape index (κ3) is 3.38. The Balaban J connectivity index is 2.11. The van der Waals surface area contributed by atoms with Gasteiger partial charge in [0, 0.05) is 45.4 Å². The molecule has 0 saturated carbocycles. The molecule has 1 saturated heterocycles. The summed E-state index contributed by atoms with van der Waals surface area (Å²) < 4.78 is 13.5. The van der Waals surface area contributed by atoms with Crippen LogP contribution in [-0.2, 0) is 22.4 Å². The molecule has 20 heavy (non-hydrogen) atoms. The first kappa shape index (κ1) is 15.4. The molecular weight excluding hydrogens is 256 g/mol. The molecule has 0 radical (unpaired) electrons. The summed E-state index contributed by atoms with van der Waals surface area (Å²) in [6.07, 6.45) is 6.54. The van der Waals surface area contributed by atoms with Gasteiger partial charge in [0.1, 0.15) is 0 Å². The van der Waals surface area contributed by atoms with E-state index in [1.54, 1.807) is 0 Å². The zero-order chi connectivity index (χ0) is 14.4. The van der Waals surface area contributed by atoms with Crippen LogP contribution in [-0.4, -0.2) is 41.2 Å². The van der Waals surface area contributed by atoms with E-state index in [4.69, 9.17) is 15.3 Å². The van der Waals surface area contributed by atoms with Gasteiger partial charge in [-0.1, -0.05) is 0 Å². The van der Waals surface area contributed by atoms with Crippen molar-refractivity contribution in [2.45, 2.75) is 51.3 Å². The van der Waals surface area contributed by atoms with Crippen LogP contribution in [0.15, 0.2) is 12.4 Å².